The molecular weight excluding hydrogens is 457 g/mol. The van der Waals surface area contributed by atoms with Crippen LogP contribution in [-0.4, -0.2) is 42.6 Å². The lowest BCUT2D eigenvalue weighted by Crippen LogP contribution is -2.37. The number of nitrogens with zero attached hydrogens (tertiary/aromatic N) is 3. The van der Waals surface area contributed by atoms with E-state index in [1.54, 1.807) is 11.8 Å². The molecule has 27 heavy (non-hydrogen) atoms. The summed E-state index contributed by atoms with van der Waals surface area (Å²) in [6.07, 6.45) is 4.74. The summed E-state index contributed by atoms with van der Waals surface area (Å²) in [5.74, 6) is 1.63. The number of benzene rings is 1. The van der Waals surface area contributed by atoms with E-state index in [4.69, 9.17) is 9.47 Å². The predicted octanol–water partition coefficient (Wildman–Crippen LogP) is 2.71. The average Bonchev–Trinajstić information content (AvgIpc) is 3.08. The van der Waals surface area contributed by atoms with Gasteiger partial charge in [-0.3, -0.25) is 4.68 Å². The Morgan fingerprint density at radius 3 is 2.59 bits per heavy atom. The Kier molecular flexibility index (Phi) is 11.5. The normalized spacial score (nSPS) is 11.0. The minimum absolute atomic E-state index is 0. The smallest absolute Gasteiger partial charge is 0.191 e. The molecule has 1 heterocycles. The zero-order valence-electron chi connectivity index (χ0n) is 16.3. The molecule has 2 rings (SSSR count). The lowest BCUT2D eigenvalue weighted by atomic mass is 10.2. The third kappa shape index (κ3) is 9.09. The van der Waals surface area contributed by atoms with Crippen LogP contribution in [0.25, 0.3) is 0 Å². The van der Waals surface area contributed by atoms with Gasteiger partial charge in [0.1, 0.15) is 5.75 Å². The van der Waals surface area contributed by atoms with Crippen LogP contribution in [-0.2, 0) is 24.9 Å². The first kappa shape index (κ1) is 23.2. The molecule has 1 aromatic carbocycles. The highest BCUT2D eigenvalue weighted by atomic mass is 127. The van der Waals surface area contributed by atoms with Gasteiger partial charge in [-0.05, 0) is 31.0 Å². The summed E-state index contributed by atoms with van der Waals surface area (Å²) < 4.78 is 12.4. The molecule has 2 N–H and O–H groups in total. The standard InChI is InChI=1S/C19H29N5O2.HI/c1-4-26-11-5-10-20-19(22-13-17-14-23-24(2)15-17)21-12-16-6-8-18(25-3)9-7-16;/h6-9,14-15H,4-5,10-13H2,1-3H3,(H2,20,21,22);1H. The van der Waals surface area contributed by atoms with Crippen molar-refractivity contribution >= 4 is 29.9 Å². The number of hydrogen-bond donors (Lipinski definition) is 2. The molecule has 0 aliphatic carbocycles. The van der Waals surface area contributed by atoms with E-state index >= 15 is 0 Å². The maximum absolute atomic E-state index is 5.38. The van der Waals surface area contributed by atoms with Gasteiger partial charge < -0.3 is 20.1 Å². The molecule has 1 aromatic heterocycles. The van der Waals surface area contributed by atoms with Crippen molar-refractivity contribution in [3.63, 3.8) is 0 Å². The number of aromatic nitrogens is 2. The van der Waals surface area contributed by atoms with Crippen LogP contribution < -0.4 is 15.4 Å². The first-order chi connectivity index (χ1) is 12.7. The number of hydrogen-bond acceptors (Lipinski definition) is 4. The van der Waals surface area contributed by atoms with E-state index in [0.717, 1.165) is 49.0 Å². The Hall–Kier alpha value is -1.81. The number of halogens is 1. The summed E-state index contributed by atoms with van der Waals surface area (Å²) in [6, 6.07) is 8.00. The van der Waals surface area contributed by atoms with Crippen LogP contribution in [0.3, 0.4) is 0 Å². The highest BCUT2D eigenvalue weighted by molar-refractivity contribution is 14.0. The first-order valence-corrected chi connectivity index (χ1v) is 8.91. The zero-order valence-corrected chi connectivity index (χ0v) is 18.6. The quantitative estimate of drug-likeness (QED) is 0.234. The van der Waals surface area contributed by atoms with E-state index in [0.29, 0.717) is 13.1 Å². The molecule has 0 spiro atoms. The van der Waals surface area contributed by atoms with Crippen molar-refractivity contribution in [3.8, 4) is 5.75 Å². The van der Waals surface area contributed by atoms with Crippen LogP contribution in [0.4, 0.5) is 0 Å². The topological polar surface area (TPSA) is 72.7 Å². The Morgan fingerprint density at radius 2 is 1.96 bits per heavy atom. The number of nitrogens with one attached hydrogen (secondary N) is 2. The van der Waals surface area contributed by atoms with Gasteiger partial charge in [-0.1, -0.05) is 12.1 Å². The van der Waals surface area contributed by atoms with Crippen LogP contribution in [0.2, 0.25) is 0 Å². The fourth-order valence-corrected chi connectivity index (χ4v) is 2.35. The zero-order chi connectivity index (χ0) is 18.6. The van der Waals surface area contributed by atoms with Gasteiger partial charge in [0.05, 0.1) is 19.9 Å². The van der Waals surface area contributed by atoms with E-state index in [2.05, 4.69) is 20.7 Å². The third-order valence-corrected chi connectivity index (χ3v) is 3.76. The van der Waals surface area contributed by atoms with E-state index in [-0.39, 0.29) is 24.0 Å². The van der Waals surface area contributed by atoms with Gasteiger partial charge in [0.2, 0.25) is 0 Å². The van der Waals surface area contributed by atoms with Gasteiger partial charge in [0, 0.05) is 45.1 Å². The predicted molar refractivity (Wildman–Crippen MR) is 119 cm³/mol. The minimum atomic E-state index is 0. The second-order valence-electron chi connectivity index (χ2n) is 5.87. The Bertz CT molecular complexity index is 673. The first-order valence-electron chi connectivity index (χ1n) is 8.91. The Labute approximate surface area is 178 Å². The van der Waals surface area contributed by atoms with Crippen molar-refractivity contribution < 1.29 is 9.47 Å². The molecule has 0 aliphatic rings. The molecule has 8 heteroatoms. The van der Waals surface area contributed by atoms with Gasteiger partial charge in [-0.25, -0.2) is 4.99 Å². The highest BCUT2D eigenvalue weighted by Gasteiger charge is 2.01. The number of aryl methyl sites for hydroxylation is 1. The highest BCUT2D eigenvalue weighted by Crippen LogP contribution is 2.10. The number of ether oxygens (including phenoxy) is 2. The van der Waals surface area contributed by atoms with E-state index < -0.39 is 0 Å². The molecule has 0 saturated carbocycles. The molecule has 0 bridgehead atoms. The maximum atomic E-state index is 5.38. The van der Waals surface area contributed by atoms with Crippen LogP contribution in [0.1, 0.15) is 24.5 Å². The summed E-state index contributed by atoms with van der Waals surface area (Å²) in [6.45, 7) is 5.58. The summed E-state index contributed by atoms with van der Waals surface area (Å²) >= 11 is 0. The van der Waals surface area contributed by atoms with Crippen molar-refractivity contribution in [1.29, 1.82) is 0 Å². The molecule has 0 unspecified atom stereocenters. The molecule has 150 valence electrons. The van der Waals surface area contributed by atoms with E-state index in [9.17, 15) is 0 Å². The molecule has 0 atom stereocenters. The molecular formula is C19H30IN5O2. The molecule has 2 aromatic rings. The van der Waals surface area contributed by atoms with Gasteiger partial charge in [-0.2, -0.15) is 5.10 Å². The minimum Gasteiger partial charge on any atom is -0.497 e. The van der Waals surface area contributed by atoms with E-state index in [1.165, 1.54) is 0 Å². The summed E-state index contributed by atoms with van der Waals surface area (Å²) in [4.78, 5) is 4.65. The van der Waals surface area contributed by atoms with Gasteiger partial charge in [0.25, 0.3) is 0 Å². The maximum Gasteiger partial charge on any atom is 0.191 e. The van der Waals surface area contributed by atoms with Crippen molar-refractivity contribution in [2.75, 3.05) is 26.9 Å². The van der Waals surface area contributed by atoms with Crippen LogP contribution in [0, 0.1) is 0 Å². The summed E-state index contributed by atoms with van der Waals surface area (Å²) in [5.41, 5.74) is 2.24. The molecule has 0 fully saturated rings. The fraction of sp³-hybridized carbons (Fsp3) is 0.474. The number of methoxy groups -OCH3 is 1. The number of guanidine groups is 1. The second-order valence-corrected chi connectivity index (χ2v) is 5.87. The van der Waals surface area contributed by atoms with Gasteiger partial charge in [-0.15, -0.1) is 24.0 Å². The van der Waals surface area contributed by atoms with E-state index in [1.807, 2.05) is 50.6 Å². The third-order valence-electron chi connectivity index (χ3n) is 3.76. The second kappa shape index (κ2) is 13.4. The molecule has 7 nitrogen and oxygen atoms in total. The summed E-state index contributed by atoms with van der Waals surface area (Å²) in [7, 11) is 3.57. The Morgan fingerprint density at radius 1 is 1.19 bits per heavy atom. The molecule has 0 saturated heterocycles. The van der Waals surface area contributed by atoms with Crippen molar-refractivity contribution in [1.82, 2.24) is 20.4 Å². The van der Waals surface area contributed by atoms with Gasteiger partial charge >= 0.3 is 0 Å². The lowest BCUT2D eigenvalue weighted by Gasteiger charge is -2.13. The van der Waals surface area contributed by atoms with Crippen LogP contribution in [0.15, 0.2) is 41.7 Å². The van der Waals surface area contributed by atoms with Crippen LogP contribution in [0.5, 0.6) is 5.75 Å². The summed E-state index contributed by atoms with van der Waals surface area (Å²) in [5, 5.41) is 10.9. The number of aliphatic imine (C=N–C) groups is 1. The molecule has 0 amide bonds. The van der Waals surface area contributed by atoms with Gasteiger partial charge in [0.15, 0.2) is 5.96 Å². The molecule has 0 radical (unpaired) electrons. The Balaban J connectivity index is 0.00000364. The monoisotopic (exact) mass is 487 g/mol. The molecule has 0 aliphatic heterocycles. The van der Waals surface area contributed by atoms with Crippen molar-refractivity contribution in [3.05, 3.63) is 47.8 Å². The van der Waals surface area contributed by atoms with Crippen molar-refractivity contribution in [2.45, 2.75) is 26.4 Å². The fourth-order valence-electron chi connectivity index (χ4n) is 2.35. The number of rotatable bonds is 10. The lowest BCUT2D eigenvalue weighted by molar-refractivity contribution is 0.145. The van der Waals surface area contributed by atoms with Crippen LogP contribution >= 0.6 is 24.0 Å². The average molecular weight is 487 g/mol. The SMILES string of the molecule is CCOCCCNC(=NCc1cnn(C)c1)NCc1ccc(OC)cc1.I. The van der Waals surface area contributed by atoms with Crippen molar-refractivity contribution in [2.24, 2.45) is 12.0 Å². The largest absolute Gasteiger partial charge is 0.497 e.